The van der Waals surface area contributed by atoms with E-state index in [1.54, 1.807) is 6.07 Å². The zero-order chi connectivity index (χ0) is 18.2. The zero-order valence-corrected chi connectivity index (χ0v) is 14.9. The van der Waals surface area contributed by atoms with E-state index < -0.39 is 0 Å². The van der Waals surface area contributed by atoms with E-state index in [0.717, 1.165) is 17.0 Å². The van der Waals surface area contributed by atoms with Crippen LogP contribution in [0.2, 0.25) is 5.02 Å². The molecule has 3 rings (SSSR count). The molecule has 0 bridgehead atoms. The minimum atomic E-state index is -0.225. The van der Waals surface area contributed by atoms with Gasteiger partial charge in [-0.1, -0.05) is 54.1 Å². The number of nitrogens with one attached hydrogen (secondary N) is 2. The van der Waals surface area contributed by atoms with Gasteiger partial charge in [0, 0.05) is 24.2 Å². The number of carbonyl (C=O) groups excluding carboxylic acids is 1. The molecular formula is C20H19ClN4O. The number of rotatable bonds is 7. The fourth-order valence-corrected chi connectivity index (χ4v) is 2.56. The van der Waals surface area contributed by atoms with E-state index in [0.29, 0.717) is 24.6 Å². The molecule has 1 aromatic heterocycles. The van der Waals surface area contributed by atoms with Crippen molar-refractivity contribution in [3.05, 3.63) is 88.8 Å². The largest absolute Gasteiger partial charge is 0.370 e. The first-order valence-corrected chi connectivity index (χ1v) is 8.71. The van der Waals surface area contributed by atoms with Gasteiger partial charge in [-0.3, -0.25) is 4.79 Å². The minimum absolute atomic E-state index is 0.225. The van der Waals surface area contributed by atoms with Crippen LogP contribution in [0.4, 0.5) is 5.82 Å². The lowest BCUT2D eigenvalue weighted by molar-refractivity contribution is 0.0946. The van der Waals surface area contributed by atoms with E-state index in [-0.39, 0.29) is 5.91 Å². The first-order chi connectivity index (χ1) is 12.7. The molecule has 0 radical (unpaired) electrons. The van der Waals surface area contributed by atoms with Gasteiger partial charge in [0.25, 0.3) is 5.91 Å². The summed E-state index contributed by atoms with van der Waals surface area (Å²) in [7, 11) is 0. The van der Waals surface area contributed by atoms with E-state index in [2.05, 4.69) is 20.6 Å². The van der Waals surface area contributed by atoms with Crippen molar-refractivity contribution < 1.29 is 4.79 Å². The molecule has 0 fully saturated rings. The zero-order valence-electron chi connectivity index (χ0n) is 14.2. The van der Waals surface area contributed by atoms with Crippen molar-refractivity contribution in [3.63, 3.8) is 0 Å². The summed E-state index contributed by atoms with van der Waals surface area (Å²) in [6.45, 7) is 1.16. The van der Waals surface area contributed by atoms with Gasteiger partial charge in [0.1, 0.15) is 17.8 Å². The summed E-state index contributed by atoms with van der Waals surface area (Å²) >= 11 is 5.88. The van der Waals surface area contributed by atoms with Gasteiger partial charge in [0.15, 0.2) is 0 Å². The average molecular weight is 367 g/mol. The van der Waals surface area contributed by atoms with E-state index >= 15 is 0 Å². The van der Waals surface area contributed by atoms with Gasteiger partial charge in [-0.2, -0.15) is 0 Å². The molecule has 26 heavy (non-hydrogen) atoms. The van der Waals surface area contributed by atoms with Crippen LogP contribution in [0.1, 0.15) is 21.6 Å². The van der Waals surface area contributed by atoms with Gasteiger partial charge in [0.2, 0.25) is 0 Å². The number of nitrogens with zero attached hydrogens (tertiary/aromatic N) is 2. The summed E-state index contributed by atoms with van der Waals surface area (Å²) in [6.07, 6.45) is 2.22. The third-order valence-electron chi connectivity index (χ3n) is 3.83. The molecule has 6 heteroatoms. The van der Waals surface area contributed by atoms with E-state index in [9.17, 15) is 4.79 Å². The summed E-state index contributed by atoms with van der Waals surface area (Å²) < 4.78 is 0. The second kappa shape index (κ2) is 8.97. The highest BCUT2D eigenvalue weighted by atomic mass is 35.5. The summed E-state index contributed by atoms with van der Waals surface area (Å²) in [5.41, 5.74) is 2.55. The van der Waals surface area contributed by atoms with Crippen LogP contribution < -0.4 is 10.6 Å². The second-order valence-electron chi connectivity index (χ2n) is 5.76. The number of halogens is 1. The molecule has 2 N–H and O–H groups in total. The molecule has 1 heterocycles. The third-order valence-corrected chi connectivity index (χ3v) is 4.08. The summed E-state index contributed by atoms with van der Waals surface area (Å²) in [6, 6.07) is 19.1. The molecule has 0 aliphatic carbocycles. The van der Waals surface area contributed by atoms with Crippen molar-refractivity contribution >= 4 is 23.3 Å². The Bertz CT molecular complexity index is 853. The van der Waals surface area contributed by atoms with Crippen molar-refractivity contribution in [1.29, 1.82) is 0 Å². The first-order valence-electron chi connectivity index (χ1n) is 8.33. The molecule has 132 valence electrons. The SMILES string of the molecule is O=C(NCc1ccccc1)c1cc(NCCc2ccc(Cl)cc2)ncn1. The normalized spacial score (nSPS) is 10.3. The Hall–Kier alpha value is -2.92. The molecule has 2 aromatic carbocycles. The Morgan fingerprint density at radius 2 is 1.73 bits per heavy atom. The Kier molecular flexibility index (Phi) is 6.17. The molecule has 3 aromatic rings. The number of carbonyl (C=O) groups is 1. The maximum Gasteiger partial charge on any atom is 0.270 e. The van der Waals surface area contributed by atoms with Crippen LogP contribution in [-0.2, 0) is 13.0 Å². The quantitative estimate of drug-likeness (QED) is 0.668. The second-order valence-corrected chi connectivity index (χ2v) is 6.20. The number of amides is 1. The highest BCUT2D eigenvalue weighted by Gasteiger charge is 2.08. The topological polar surface area (TPSA) is 66.9 Å². The lowest BCUT2D eigenvalue weighted by Gasteiger charge is -2.08. The highest BCUT2D eigenvalue weighted by Crippen LogP contribution is 2.10. The molecule has 0 saturated carbocycles. The van der Waals surface area contributed by atoms with Crippen LogP contribution in [-0.4, -0.2) is 22.4 Å². The lowest BCUT2D eigenvalue weighted by atomic mass is 10.1. The van der Waals surface area contributed by atoms with E-state index in [4.69, 9.17) is 11.6 Å². The molecule has 0 saturated heterocycles. The monoisotopic (exact) mass is 366 g/mol. The van der Waals surface area contributed by atoms with Crippen LogP contribution in [0.3, 0.4) is 0 Å². The van der Waals surface area contributed by atoms with Crippen LogP contribution >= 0.6 is 11.6 Å². The molecule has 1 amide bonds. The lowest BCUT2D eigenvalue weighted by Crippen LogP contribution is -2.24. The molecule has 0 aliphatic rings. The Morgan fingerprint density at radius 3 is 2.50 bits per heavy atom. The minimum Gasteiger partial charge on any atom is -0.370 e. The van der Waals surface area contributed by atoms with Gasteiger partial charge >= 0.3 is 0 Å². The van der Waals surface area contributed by atoms with Crippen molar-refractivity contribution in [1.82, 2.24) is 15.3 Å². The van der Waals surface area contributed by atoms with E-state index in [1.807, 2.05) is 54.6 Å². The smallest absolute Gasteiger partial charge is 0.270 e. The predicted molar refractivity (Wildman–Crippen MR) is 103 cm³/mol. The Balaban J connectivity index is 1.52. The summed E-state index contributed by atoms with van der Waals surface area (Å²) in [5.74, 6) is 0.399. The van der Waals surface area contributed by atoms with Gasteiger partial charge in [-0.15, -0.1) is 0 Å². The standard InChI is InChI=1S/C20H19ClN4O/c21-17-8-6-15(7-9-17)10-11-22-19-12-18(24-14-25-19)20(26)23-13-16-4-2-1-3-5-16/h1-9,12,14H,10-11,13H2,(H,23,26)(H,22,24,25). The molecule has 0 unspecified atom stereocenters. The van der Waals surface area contributed by atoms with Gasteiger partial charge < -0.3 is 10.6 Å². The third kappa shape index (κ3) is 5.29. The molecule has 0 atom stereocenters. The summed E-state index contributed by atoms with van der Waals surface area (Å²) in [5, 5.41) is 6.80. The van der Waals surface area contributed by atoms with Crippen LogP contribution in [0.15, 0.2) is 67.0 Å². The number of aromatic nitrogens is 2. The first kappa shape index (κ1) is 17.9. The summed E-state index contributed by atoms with van der Waals surface area (Å²) in [4.78, 5) is 20.5. The van der Waals surface area contributed by atoms with Gasteiger partial charge in [0.05, 0.1) is 0 Å². The van der Waals surface area contributed by atoms with Crippen LogP contribution in [0.5, 0.6) is 0 Å². The Labute approximate surface area is 157 Å². The van der Waals surface area contributed by atoms with Gasteiger partial charge in [-0.05, 0) is 29.7 Å². The van der Waals surface area contributed by atoms with Gasteiger partial charge in [-0.25, -0.2) is 9.97 Å². The van der Waals surface area contributed by atoms with Crippen LogP contribution in [0.25, 0.3) is 0 Å². The number of hydrogen-bond donors (Lipinski definition) is 2. The van der Waals surface area contributed by atoms with Crippen molar-refractivity contribution in [2.45, 2.75) is 13.0 Å². The van der Waals surface area contributed by atoms with Crippen molar-refractivity contribution in [2.75, 3.05) is 11.9 Å². The molecular weight excluding hydrogens is 348 g/mol. The highest BCUT2D eigenvalue weighted by molar-refractivity contribution is 6.30. The Morgan fingerprint density at radius 1 is 0.962 bits per heavy atom. The van der Waals surface area contributed by atoms with Crippen molar-refractivity contribution in [3.8, 4) is 0 Å². The predicted octanol–water partition coefficient (Wildman–Crippen LogP) is 3.71. The number of benzene rings is 2. The maximum absolute atomic E-state index is 12.3. The van der Waals surface area contributed by atoms with Crippen molar-refractivity contribution in [2.24, 2.45) is 0 Å². The number of anilines is 1. The maximum atomic E-state index is 12.3. The molecule has 0 spiro atoms. The fourth-order valence-electron chi connectivity index (χ4n) is 2.43. The van der Waals surface area contributed by atoms with E-state index in [1.165, 1.54) is 11.9 Å². The number of hydrogen-bond acceptors (Lipinski definition) is 4. The molecule has 0 aliphatic heterocycles. The average Bonchev–Trinajstić information content (AvgIpc) is 2.69. The molecule has 5 nitrogen and oxygen atoms in total. The van der Waals surface area contributed by atoms with Crippen LogP contribution in [0, 0.1) is 0 Å². The fraction of sp³-hybridized carbons (Fsp3) is 0.150.